The van der Waals surface area contributed by atoms with E-state index in [0.717, 1.165) is 12.2 Å². The Morgan fingerprint density at radius 2 is 1.50 bits per heavy atom. The van der Waals surface area contributed by atoms with Crippen LogP contribution in [0.5, 0.6) is 0 Å². The highest BCUT2D eigenvalue weighted by molar-refractivity contribution is 5.96. The fourth-order valence-corrected chi connectivity index (χ4v) is 2.59. The summed E-state index contributed by atoms with van der Waals surface area (Å²) in [7, 11) is 0. The minimum atomic E-state index is -4.99. The predicted molar refractivity (Wildman–Crippen MR) is 90.7 cm³/mol. The fourth-order valence-electron chi connectivity index (χ4n) is 2.59. The molecule has 0 aliphatic heterocycles. The van der Waals surface area contributed by atoms with Gasteiger partial charge in [0.1, 0.15) is 5.54 Å². The van der Waals surface area contributed by atoms with Gasteiger partial charge < -0.3 is 11.1 Å². The lowest BCUT2D eigenvalue weighted by Crippen LogP contribution is -2.55. The van der Waals surface area contributed by atoms with Crippen molar-refractivity contribution in [3.63, 3.8) is 0 Å². The fraction of sp³-hybridized carbons (Fsp3) is 0.444. The van der Waals surface area contributed by atoms with Crippen LogP contribution in [0.25, 0.3) is 6.08 Å². The summed E-state index contributed by atoms with van der Waals surface area (Å²) in [4.78, 5) is 23.6. The molecule has 10 heteroatoms. The highest BCUT2D eigenvalue weighted by Gasteiger charge is 2.37. The molecule has 1 atom stereocenters. The van der Waals surface area contributed by atoms with Crippen molar-refractivity contribution in [3.05, 3.63) is 41.0 Å². The highest BCUT2D eigenvalue weighted by Crippen LogP contribution is 2.36. The summed E-state index contributed by atoms with van der Waals surface area (Å²) in [6.45, 7) is 4.95. The molecular weight excluding hydrogens is 390 g/mol. The van der Waals surface area contributed by atoms with E-state index in [9.17, 15) is 35.9 Å². The number of carbonyl (C=O) groups is 2. The van der Waals surface area contributed by atoms with Crippen molar-refractivity contribution in [2.24, 2.45) is 11.7 Å². The van der Waals surface area contributed by atoms with Crippen molar-refractivity contribution in [2.75, 3.05) is 0 Å². The second-order valence-electron chi connectivity index (χ2n) is 6.96. The summed E-state index contributed by atoms with van der Waals surface area (Å²) in [5.41, 5.74) is 0.404. The van der Waals surface area contributed by atoms with Gasteiger partial charge in [0.15, 0.2) is 0 Å². The minimum absolute atomic E-state index is 0.00972. The first-order chi connectivity index (χ1) is 12.5. The maximum Gasteiger partial charge on any atom is 0.416 e. The molecule has 0 fully saturated rings. The van der Waals surface area contributed by atoms with Gasteiger partial charge in [-0.05, 0) is 49.1 Å². The molecule has 0 aliphatic rings. The first-order valence-electron chi connectivity index (χ1n) is 8.14. The number of benzene rings is 1. The average molecular weight is 410 g/mol. The Labute approximate surface area is 157 Å². The Kier molecular flexibility index (Phi) is 6.92. The van der Waals surface area contributed by atoms with Gasteiger partial charge in [-0.1, -0.05) is 13.8 Å². The van der Waals surface area contributed by atoms with Crippen molar-refractivity contribution < 1.29 is 35.9 Å². The molecule has 0 heterocycles. The second kappa shape index (κ2) is 8.24. The smallest absolute Gasteiger partial charge is 0.368 e. The first-order valence-corrected chi connectivity index (χ1v) is 8.14. The van der Waals surface area contributed by atoms with E-state index in [1.165, 1.54) is 6.92 Å². The molecule has 3 N–H and O–H groups in total. The Hall–Kier alpha value is -2.52. The molecule has 0 aromatic heterocycles. The summed E-state index contributed by atoms with van der Waals surface area (Å²) in [5.74, 6) is -1.71. The number of nitrogens with two attached hydrogens (primary N) is 1. The Morgan fingerprint density at radius 3 is 1.86 bits per heavy atom. The van der Waals surface area contributed by atoms with E-state index in [1.807, 2.05) is 0 Å². The molecule has 1 unspecified atom stereocenters. The monoisotopic (exact) mass is 410 g/mol. The van der Waals surface area contributed by atoms with Crippen molar-refractivity contribution in [2.45, 2.75) is 45.1 Å². The van der Waals surface area contributed by atoms with Crippen LogP contribution in [-0.4, -0.2) is 17.4 Å². The van der Waals surface area contributed by atoms with Gasteiger partial charge in [-0.2, -0.15) is 26.3 Å². The predicted octanol–water partition coefficient (Wildman–Crippen LogP) is 4.14. The quantitative estimate of drug-likeness (QED) is 0.547. The zero-order valence-electron chi connectivity index (χ0n) is 15.3. The molecule has 2 amide bonds. The molecule has 0 spiro atoms. The van der Waals surface area contributed by atoms with Crippen LogP contribution < -0.4 is 11.1 Å². The third-order valence-corrected chi connectivity index (χ3v) is 3.80. The molecule has 156 valence electrons. The van der Waals surface area contributed by atoms with E-state index >= 15 is 0 Å². The van der Waals surface area contributed by atoms with Crippen LogP contribution in [0.3, 0.4) is 0 Å². The van der Waals surface area contributed by atoms with Gasteiger partial charge in [0.05, 0.1) is 11.1 Å². The van der Waals surface area contributed by atoms with Gasteiger partial charge in [0, 0.05) is 6.08 Å². The lowest BCUT2D eigenvalue weighted by atomic mass is 9.90. The third kappa shape index (κ3) is 6.58. The number of halogens is 6. The van der Waals surface area contributed by atoms with Crippen LogP contribution in [0.4, 0.5) is 26.3 Å². The Balaban J connectivity index is 3.17. The van der Waals surface area contributed by atoms with Crippen LogP contribution in [0.1, 0.15) is 43.9 Å². The molecule has 0 saturated carbocycles. The minimum Gasteiger partial charge on any atom is -0.368 e. The largest absolute Gasteiger partial charge is 0.416 e. The number of nitrogens with one attached hydrogen (secondary N) is 1. The number of alkyl halides is 6. The molecule has 0 radical (unpaired) electrons. The molecule has 28 heavy (non-hydrogen) atoms. The molecule has 1 aromatic rings. The summed E-state index contributed by atoms with van der Waals surface area (Å²) in [6.07, 6.45) is -8.24. The molecule has 1 rings (SSSR count). The zero-order chi connectivity index (χ0) is 21.9. The van der Waals surface area contributed by atoms with Gasteiger partial charge in [0.2, 0.25) is 11.8 Å². The number of primary amides is 1. The number of amides is 2. The SMILES string of the molecule is CC(C)CC(C)(NC(=O)/C=C/c1cc(C(F)(F)F)cc(C(F)(F)F)c1)C(N)=O. The van der Waals surface area contributed by atoms with E-state index in [2.05, 4.69) is 5.32 Å². The molecule has 1 aromatic carbocycles. The third-order valence-electron chi connectivity index (χ3n) is 3.80. The maximum atomic E-state index is 12.8. The van der Waals surface area contributed by atoms with E-state index in [-0.39, 0.29) is 18.4 Å². The summed E-state index contributed by atoms with van der Waals surface area (Å²) in [5, 5.41) is 2.34. The van der Waals surface area contributed by atoms with E-state index in [1.54, 1.807) is 13.8 Å². The van der Waals surface area contributed by atoms with Crippen molar-refractivity contribution in [1.82, 2.24) is 5.32 Å². The van der Waals surface area contributed by atoms with Gasteiger partial charge >= 0.3 is 12.4 Å². The topological polar surface area (TPSA) is 72.2 Å². The standard InChI is InChI=1S/C18H20F6N2O2/c1-10(2)9-16(3,15(25)28)26-14(27)5-4-11-6-12(17(19,20)21)8-13(7-11)18(22,23)24/h4-8,10H,9H2,1-3H3,(H2,25,28)(H,26,27)/b5-4+. The van der Waals surface area contributed by atoms with Crippen LogP contribution in [0.2, 0.25) is 0 Å². The van der Waals surface area contributed by atoms with Crippen LogP contribution in [-0.2, 0) is 21.9 Å². The Morgan fingerprint density at radius 1 is 1.04 bits per heavy atom. The van der Waals surface area contributed by atoms with Gasteiger partial charge in [-0.25, -0.2) is 0 Å². The summed E-state index contributed by atoms with van der Waals surface area (Å²) < 4.78 is 77.1. The van der Waals surface area contributed by atoms with E-state index in [0.29, 0.717) is 12.1 Å². The van der Waals surface area contributed by atoms with Crippen LogP contribution in [0.15, 0.2) is 24.3 Å². The van der Waals surface area contributed by atoms with Crippen LogP contribution >= 0.6 is 0 Å². The lowest BCUT2D eigenvalue weighted by molar-refractivity contribution is -0.143. The van der Waals surface area contributed by atoms with E-state index < -0.39 is 46.4 Å². The first kappa shape index (κ1) is 23.5. The van der Waals surface area contributed by atoms with Crippen molar-refractivity contribution >= 4 is 17.9 Å². The van der Waals surface area contributed by atoms with Gasteiger partial charge in [-0.3, -0.25) is 9.59 Å². The van der Waals surface area contributed by atoms with Gasteiger partial charge in [-0.15, -0.1) is 0 Å². The molecule has 0 bridgehead atoms. The van der Waals surface area contributed by atoms with Gasteiger partial charge in [0.25, 0.3) is 0 Å². The second-order valence-corrected chi connectivity index (χ2v) is 6.96. The molecule has 0 aliphatic carbocycles. The molecular formula is C18H20F6N2O2. The van der Waals surface area contributed by atoms with E-state index in [4.69, 9.17) is 5.73 Å². The molecule has 4 nitrogen and oxygen atoms in total. The number of carbonyl (C=O) groups excluding carboxylic acids is 2. The Bertz CT molecular complexity index is 736. The maximum absolute atomic E-state index is 12.8. The summed E-state index contributed by atoms with van der Waals surface area (Å²) in [6, 6.07) is 0.963. The van der Waals surface area contributed by atoms with Crippen molar-refractivity contribution in [1.29, 1.82) is 0 Å². The number of hydrogen-bond acceptors (Lipinski definition) is 2. The highest BCUT2D eigenvalue weighted by atomic mass is 19.4. The molecule has 0 saturated heterocycles. The zero-order valence-corrected chi connectivity index (χ0v) is 15.3. The normalized spacial score (nSPS) is 14.9. The number of rotatable bonds is 6. The van der Waals surface area contributed by atoms with Crippen molar-refractivity contribution in [3.8, 4) is 0 Å². The van der Waals surface area contributed by atoms with Crippen LogP contribution in [0, 0.1) is 5.92 Å². The average Bonchev–Trinajstić information content (AvgIpc) is 2.50. The summed E-state index contributed by atoms with van der Waals surface area (Å²) >= 11 is 0. The lowest BCUT2D eigenvalue weighted by Gasteiger charge is -2.28. The number of hydrogen-bond donors (Lipinski definition) is 2.